The van der Waals surface area contributed by atoms with E-state index in [0.717, 1.165) is 22.3 Å². The lowest BCUT2D eigenvalue weighted by Gasteiger charge is -2.09. The molecule has 1 unspecified atom stereocenters. The van der Waals surface area contributed by atoms with Gasteiger partial charge in [0.1, 0.15) is 18.1 Å². The Labute approximate surface area is 169 Å². The highest BCUT2D eigenvalue weighted by atomic mass is 16.5. The van der Waals surface area contributed by atoms with Crippen LogP contribution in [0, 0.1) is 11.8 Å². The van der Waals surface area contributed by atoms with Crippen molar-refractivity contribution in [3.63, 3.8) is 0 Å². The number of rotatable bonds is 5. The van der Waals surface area contributed by atoms with Crippen molar-refractivity contribution < 1.29 is 19.4 Å². The predicted molar refractivity (Wildman–Crippen MR) is 110 cm³/mol. The lowest BCUT2D eigenvalue weighted by Crippen LogP contribution is -2.07. The van der Waals surface area contributed by atoms with Crippen LogP contribution < -0.4 is 9.47 Å². The molecule has 0 saturated heterocycles. The van der Waals surface area contributed by atoms with E-state index in [0.29, 0.717) is 24.7 Å². The second-order valence-electron chi connectivity index (χ2n) is 6.91. The first-order valence-electron chi connectivity index (χ1n) is 9.45. The summed E-state index contributed by atoms with van der Waals surface area (Å²) in [5.41, 5.74) is 3.87. The Morgan fingerprint density at radius 1 is 1.00 bits per heavy atom. The van der Waals surface area contributed by atoms with E-state index in [1.807, 2.05) is 72.8 Å². The molecule has 1 aliphatic heterocycles. The lowest BCUT2D eigenvalue weighted by atomic mass is 9.98. The molecule has 0 bridgehead atoms. The molecule has 4 nitrogen and oxygen atoms in total. The SMILES string of the molecule is O=C(O)CC1COc2cc(OCc3cccc(C#Cc4ccccc4)c3)ccc21. The summed E-state index contributed by atoms with van der Waals surface area (Å²) in [5, 5.41) is 9.00. The van der Waals surface area contributed by atoms with E-state index in [1.54, 1.807) is 0 Å². The summed E-state index contributed by atoms with van der Waals surface area (Å²) in [5.74, 6) is 6.82. The maximum absolute atomic E-state index is 11.0. The summed E-state index contributed by atoms with van der Waals surface area (Å²) in [6.45, 7) is 0.811. The van der Waals surface area contributed by atoms with Crippen LogP contribution in [-0.4, -0.2) is 17.7 Å². The third-order valence-electron chi connectivity index (χ3n) is 4.74. The fourth-order valence-electron chi connectivity index (χ4n) is 3.30. The molecular weight excluding hydrogens is 364 g/mol. The van der Waals surface area contributed by atoms with Gasteiger partial charge in [0, 0.05) is 28.7 Å². The number of aliphatic carboxylic acids is 1. The van der Waals surface area contributed by atoms with Crippen molar-refractivity contribution in [3.05, 3.63) is 95.1 Å². The molecule has 1 atom stereocenters. The Hall–Kier alpha value is -3.71. The van der Waals surface area contributed by atoms with E-state index in [2.05, 4.69) is 11.8 Å². The van der Waals surface area contributed by atoms with E-state index in [1.165, 1.54) is 0 Å². The smallest absolute Gasteiger partial charge is 0.304 e. The summed E-state index contributed by atoms with van der Waals surface area (Å²) in [6, 6.07) is 23.4. The third kappa shape index (κ3) is 4.77. The van der Waals surface area contributed by atoms with Crippen molar-refractivity contribution in [2.75, 3.05) is 6.61 Å². The van der Waals surface area contributed by atoms with Crippen LogP contribution in [-0.2, 0) is 11.4 Å². The highest BCUT2D eigenvalue weighted by Gasteiger charge is 2.26. The highest BCUT2D eigenvalue weighted by molar-refractivity contribution is 5.68. The van der Waals surface area contributed by atoms with Crippen molar-refractivity contribution in [2.24, 2.45) is 0 Å². The zero-order valence-electron chi connectivity index (χ0n) is 15.8. The average molecular weight is 384 g/mol. The number of carbonyl (C=O) groups is 1. The molecule has 3 aromatic rings. The summed E-state index contributed by atoms with van der Waals surface area (Å²) in [4.78, 5) is 11.0. The van der Waals surface area contributed by atoms with Crippen LogP contribution in [0.15, 0.2) is 72.8 Å². The summed E-state index contributed by atoms with van der Waals surface area (Å²) < 4.78 is 11.5. The number of fused-ring (bicyclic) bond motifs is 1. The van der Waals surface area contributed by atoms with E-state index in [9.17, 15) is 4.79 Å². The van der Waals surface area contributed by atoms with Gasteiger partial charge in [-0.25, -0.2) is 0 Å². The van der Waals surface area contributed by atoms with Crippen molar-refractivity contribution in [1.29, 1.82) is 0 Å². The number of hydrogen-bond acceptors (Lipinski definition) is 3. The predicted octanol–water partition coefficient (Wildman–Crippen LogP) is 4.62. The van der Waals surface area contributed by atoms with Gasteiger partial charge >= 0.3 is 5.97 Å². The molecule has 0 fully saturated rings. The van der Waals surface area contributed by atoms with Crippen LogP contribution in [0.4, 0.5) is 0 Å². The summed E-state index contributed by atoms with van der Waals surface area (Å²) >= 11 is 0. The number of benzene rings is 3. The zero-order chi connectivity index (χ0) is 20.1. The standard InChI is InChI=1S/C25H20O4/c26-25(27)14-21-17-29-24-15-22(11-12-23(21)24)28-16-20-8-4-7-19(13-20)10-9-18-5-2-1-3-6-18/h1-8,11-13,15,21H,14,16-17H2,(H,26,27). The molecule has 0 aromatic heterocycles. The normalized spacial score (nSPS) is 14.3. The molecule has 3 aromatic carbocycles. The Morgan fingerprint density at radius 2 is 1.79 bits per heavy atom. The minimum Gasteiger partial charge on any atom is -0.492 e. The van der Waals surface area contributed by atoms with Crippen LogP contribution in [0.5, 0.6) is 11.5 Å². The Morgan fingerprint density at radius 3 is 2.62 bits per heavy atom. The van der Waals surface area contributed by atoms with Gasteiger partial charge in [0.25, 0.3) is 0 Å². The molecule has 0 amide bonds. The molecule has 29 heavy (non-hydrogen) atoms. The number of carboxylic acids is 1. The van der Waals surface area contributed by atoms with Crippen LogP contribution >= 0.6 is 0 Å². The van der Waals surface area contributed by atoms with Crippen LogP contribution in [0.25, 0.3) is 0 Å². The van der Waals surface area contributed by atoms with E-state index in [-0.39, 0.29) is 12.3 Å². The maximum atomic E-state index is 11.0. The first-order chi connectivity index (χ1) is 14.2. The molecule has 144 valence electrons. The number of ether oxygens (including phenoxy) is 2. The summed E-state index contributed by atoms with van der Waals surface area (Å²) in [6.07, 6.45) is 0.0734. The number of carboxylic acid groups (broad SMARTS) is 1. The Bertz CT molecular complexity index is 1080. The highest BCUT2D eigenvalue weighted by Crippen LogP contribution is 2.38. The minimum atomic E-state index is -0.818. The molecule has 1 aliphatic rings. The van der Waals surface area contributed by atoms with Crippen molar-refractivity contribution in [3.8, 4) is 23.3 Å². The van der Waals surface area contributed by atoms with E-state index < -0.39 is 5.97 Å². The topological polar surface area (TPSA) is 55.8 Å². The minimum absolute atomic E-state index is 0.0734. The molecule has 0 radical (unpaired) electrons. The van der Waals surface area contributed by atoms with Gasteiger partial charge in [0.2, 0.25) is 0 Å². The van der Waals surface area contributed by atoms with E-state index >= 15 is 0 Å². The van der Waals surface area contributed by atoms with Crippen molar-refractivity contribution in [2.45, 2.75) is 18.9 Å². The fraction of sp³-hybridized carbons (Fsp3) is 0.160. The first kappa shape index (κ1) is 18.6. The first-order valence-corrected chi connectivity index (χ1v) is 9.45. The zero-order valence-corrected chi connectivity index (χ0v) is 15.8. The molecule has 0 aliphatic carbocycles. The molecule has 1 N–H and O–H groups in total. The fourth-order valence-corrected chi connectivity index (χ4v) is 3.30. The molecule has 4 rings (SSSR count). The second kappa shape index (κ2) is 8.53. The monoisotopic (exact) mass is 384 g/mol. The maximum Gasteiger partial charge on any atom is 0.304 e. The molecular formula is C25H20O4. The van der Waals surface area contributed by atoms with Crippen molar-refractivity contribution >= 4 is 5.97 Å². The van der Waals surface area contributed by atoms with Gasteiger partial charge in [0.05, 0.1) is 13.0 Å². The quantitative estimate of drug-likeness (QED) is 0.653. The Balaban J connectivity index is 1.41. The van der Waals surface area contributed by atoms with Crippen LogP contribution in [0.1, 0.15) is 34.6 Å². The van der Waals surface area contributed by atoms with E-state index in [4.69, 9.17) is 14.6 Å². The van der Waals surface area contributed by atoms with Gasteiger partial charge in [-0.05, 0) is 35.9 Å². The van der Waals surface area contributed by atoms with Crippen LogP contribution in [0.3, 0.4) is 0 Å². The average Bonchev–Trinajstić information content (AvgIpc) is 3.13. The second-order valence-corrected chi connectivity index (χ2v) is 6.91. The van der Waals surface area contributed by atoms with Gasteiger partial charge in [-0.1, -0.05) is 48.2 Å². The lowest BCUT2D eigenvalue weighted by molar-refractivity contribution is -0.137. The van der Waals surface area contributed by atoms with Gasteiger partial charge in [-0.2, -0.15) is 0 Å². The Kier molecular flexibility index (Phi) is 5.49. The molecule has 0 spiro atoms. The third-order valence-corrected chi connectivity index (χ3v) is 4.74. The van der Waals surface area contributed by atoms with Crippen LogP contribution in [0.2, 0.25) is 0 Å². The number of hydrogen-bond donors (Lipinski definition) is 1. The molecule has 1 heterocycles. The van der Waals surface area contributed by atoms with Gasteiger partial charge in [-0.3, -0.25) is 4.79 Å². The largest absolute Gasteiger partial charge is 0.492 e. The molecule has 4 heteroatoms. The molecule has 0 saturated carbocycles. The van der Waals surface area contributed by atoms with Gasteiger partial charge in [0.15, 0.2) is 0 Å². The van der Waals surface area contributed by atoms with Gasteiger partial charge in [-0.15, -0.1) is 0 Å². The van der Waals surface area contributed by atoms with Gasteiger partial charge < -0.3 is 14.6 Å². The van der Waals surface area contributed by atoms with Crippen molar-refractivity contribution in [1.82, 2.24) is 0 Å². The summed E-state index contributed by atoms with van der Waals surface area (Å²) in [7, 11) is 0.